The lowest BCUT2D eigenvalue weighted by atomic mass is 9.86. The molecule has 2 aliphatic rings. The number of aromatic amines is 1. The predicted molar refractivity (Wildman–Crippen MR) is 132 cm³/mol. The van der Waals surface area contributed by atoms with Gasteiger partial charge in [0.05, 0.1) is 12.8 Å². The number of methoxy groups -OCH3 is 1. The monoisotopic (exact) mass is 432 g/mol. The third-order valence-electron chi connectivity index (χ3n) is 7.50. The van der Waals surface area contributed by atoms with E-state index in [4.69, 9.17) is 4.74 Å². The Morgan fingerprint density at radius 1 is 1.03 bits per heavy atom. The molecule has 170 valence electrons. The summed E-state index contributed by atoms with van der Waals surface area (Å²) in [5.74, 6) is 1.74. The fraction of sp³-hybridized carbons (Fsp3) is 0.519. The first kappa shape index (κ1) is 21.5. The van der Waals surface area contributed by atoms with Crippen LogP contribution in [0.5, 0.6) is 5.88 Å². The lowest BCUT2D eigenvalue weighted by Crippen LogP contribution is -2.46. The molecular weight excluding hydrogens is 396 g/mol. The first-order valence-electron chi connectivity index (χ1n) is 12.2. The predicted octanol–water partition coefficient (Wildman–Crippen LogP) is 5.29. The minimum Gasteiger partial charge on any atom is -0.481 e. The van der Waals surface area contributed by atoms with Gasteiger partial charge in [0.1, 0.15) is 0 Å². The molecule has 32 heavy (non-hydrogen) atoms. The number of hydrogen-bond donors (Lipinski definition) is 2. The molecule has 2 fully saturated rings. The zero-order valence-corrected chi connectivity index (χ0v) is 19.7. The van der Waals surface area contributed by atoms with E-state index in [1.54, 1.807) is 7.11 Å². The van der Waals surface area contributed by atoms with Gasteiger partial charge >= 0.3 is 0 Å². The van der Waals surface area contributed by atoms with Crippen molar-refractivity contribution in [3.05, 3.63) is 47.7 Å². The number of ether oxygens (including phenoxy) is 1. The number of nitrogens with one attached hydrogen (secondary N) is 2. The van der Waals surface area contributed by atoms with E-state index in [2.05, 4.69) is 58.3 Å². The Labute approximate surface area is 191 Å². The molecule has 5 heteroatoms. The Morgan fingerprint density at radius 2 is 1.81 bits per heavy atom. The number of benzene rings is 1. The van der Waals surface area contributed by atoms with Crippen LogP contribution in [-0.4, -0.2) is 54.2 Å². The van der Waals surface area contributed by atoms with Crippen molar-refractivity contribution in [3.63, 3.8) is 0 Å². The van der Waals surface area contributed by atoms with E-state index >= 15 is 0 Å². The van der Waals surface area contributed by atoms with E-state index in [1.807, 2.05) is 12.3 Å². The molecule has 0 atom stereocenters. The normalized spacial score (nSPS) is 19.1. The van der Waals surface area contributed by atoms with Crippen molar-refractivity contribution in [3.8, 4) is 17.1 Å². The molecule has 5 nitrogen and oxygen atoms in total. The fourth-order valence-corrected chi connectivity index (χ4v) is 5.76. The van der Waals surface area contributed by atoms with Gasteiger partial charge in [-0.1, -0.05) is 19.9 Å². The van der Waals surface area contributed by atoms with Gasteiger partial charge in [-0.2, -0.15) is 0 Å². The molecule has 0 spiro atoms. The molecule has 3 aromatic rings. The van der Waals surface area contributed by atoms with E-state index < -0.39 is 0 Å². The molecular formula is C27H36N4O. The maximum absolute atomic E-state index is 5.37. The summed E-state index contributed by atoms with van der Waals surface area (Å²) in [4.78, 5) is 10.7. The Hall–Kier alpha value is -2.37. The number of pyridine rings is 1. The molecule has 2 aliphatic heterocycles. The van der Waals surface area contributed by atoms with Gasteiger partial charge in [-0.25, -0.2) is 4.98 Å². The zero-order chi connectivity index (χ0) is 22.1. The Bertz CT molecular complexity index is 1060. The van der Waals surface area contributed by atoms with Gasteiger partial charge < -0.3 is 19.9 Å². The minimum atomic E-state index is 0.426. The molecule has 0 aliphatic carbocycles. The van der Waals surface area contributed by atoms with Crippen molar-refractivity contribution in [1.82, 2.24) is 20.2 Å². The third kappa shape index (κ3) is 4.16. The minimum absolute atomic E-state index is 0.426. The highest BCUT2D eigenvalue weighted by Gasteiger charge is 2.27. The highest BCUT2D eigenvalue weighted by atomic mass is 16.5. The van der Waals surface area contributed by atoms with Crippen LogP contribution in [0.4, 0.5) is 0 Å². The van der Waals surface area contributed by atoms with E-state index in [9.17, 15) is 0 Å². The van der Waals surface area contributed by atoms with E-state index in [1.165, 1.54) is 79.6 Å². The molecule has 0 amide bonds. The van der Waals surface area contributed by atoms with Crippen LogP contribution < -0.4 is 10.1 Å². The Morgan fingerprint density at radius 3 is 2.53 bits per heavy atom. The molecule has 1 aromatic carbocycles. The number of piperidine rings is 2. The lowest BCUT2D eigenvalue weighted by molar-refractivity contribution is 0.127. The lowest BCUT2D eigenvalue weighted by Gasteiger charge is -2.39. The summed E-state index contributed by atoms with van der Waals surface area (Å²) in [6.45, 7) is 9.40. The topological polar surface area (TPSA) is 53.2 Å². The van der Waals surface area contributed by atoms with Crippen LogP contribution in [0.15, 0.2) is 36.5 Å². The van der Waals surface area contributed by atoms with Gasteiger partial charge in [-0.3, -0.25) is 0 Å². The van der Waals surface area contributed by atoms with Crippen LogP contribution in [0, 0.1) is 0 Å². The summed E-state index contributed by atoms with van der Waals surface area (Å²) in [6, 6.07) is 12.0. The molecule has 0 unspecified atom stereocenters. The van der Waals surface area contributed by atoms with Gasteiger partial charge in [0.15, 0.2) is 0 Å². The summed E-state index contributed by atoms with van der Waals surface area (Å²) >= 11 is 0. The summed E-state index contributed by atoms with van der Waals surface area (Å²) in [6.07, 6.45) is 6.97. The SMILES string of the molecule is COc1cc(-c2[nH]c3ccc(C4CCN(C5CCNCC5)CC4)cc3c2C(C)C)ccn1. The number of rotatable bonds is 5. The third-order valence-corrected chi connectivity index (χ3v) is 7.50. The first-order valence-corrected chi connectivity index (χ1v) is 12.2. The van der Waals surface area contributed by atoms with Crippen molar-refractivity contribution in [2.75, 3.05) is 33.3 Å². The number of H-pyrrole nitrogens is 1. The molecule has 0 saturated carbocycles. The Balaban J connectivity index is 1.42. The molecule has 2 saturated heterocycles. The fourth-order valence-electron chi connectivity index (χ4n) is 5.76. The van der Waals surface area contributed by atoms with Crippen molar-refractivity contribution >= 4 is 10.9 Å². The molecule has 0 bridgehead atoms. The van der Waals surface area contributed by atoms with Crippen molar-refractivity contribution in [2.24, 2.45) is 0 Å². The second-order valence-electron chi connectivity index (χ2n) is 9.75. The summed E-state index contributed by atoms with van der Waals surface area (Å²) in [5, 5.41) is 4.86. The van der Waals surface area contributed by atoms with E-state index in [0.29, 0.717) is 17.7 Å². The summed E-state index contributed by atoms with van der Waals surface area (Å²) in [7, 11) is 1.67. The van der Waals surface area contributed by atoms with Gasteiger partial charge in [-0.15, -0.1) is 0 Å². The smallest absolute Gasteiger partial charge is 0.213 e. The summed E-state index contributed by atoms with van der Waals surface area (Å²) in [5.41, 5.74) is 6.43. The number of nitrogens with zero attached hydrogens (tertiary/aromatic N) is 2. The van der Waals surface area contributed by atoms with Crippen molar-refractivity contribution < 1.29 is 4.74 Å². The van der Waals surface area contributed by atoms with Gasteiger partial charge in [0, 0.05) is 34.8 Å². The van der Waals surface area contributed by atoms with E-state index in [-0.39, 0.29) is 0 Å². The summed E-state index contributed by atoms with van der Waals surface area (Å²) < 4.78 is 5.37. The van der Waals surface area contributed by atoms with Gasteiger partial charge in [0.2, 0.25) is 5.88 Å². The maximum Gasteiger partial charge on any atom is 0.213 e. The van der Waals surface area contributed by atoms with Gasteiger partial charge in [0.25, 0.3) is 0 Å². The quantitative estimate of drug-likeness (QED) is 0.575. The van der Waals surface area contributed by atoms with Crippen LogP contribution in [0.3, 0.4) is 0 Å². The average molecular weight is 433 g/mol. The second-order valence-corrected chi connectivity index (χ2v) is 9.75. The van der Waals surface area contributed by atoms with E-state index in [0.717, 1.165) is 11.6 Å². The van der Waals surface area contributed by atoms with Crippen LogP contribution in [0.25, 0.3) is 22.2 Å². The average Bonchev–Trinajstić information content (AvgIpc) is 3.24. The first-order chi connectivity index (χ1) is 15.6. The highest BCUT2D eigenvalue weighted by Crippen LogP contribution is 2.39. The van der Waals surface area contributed by atoms with Gasteiger partial charge in [-0.05, 0) is 93.0 Å². The largest absolute Gasteiger partial charge is 0.481 e. The molecule has 0 radical (unpaired) electrons. The molecule has 4 heterocycles. The molecule has 2 aromatic heterocycles. The number of aromatic nitrogens is 2. The van der Waals surface area contributed by atoms with Crippen LogP contribution in [0.1, 0.15) is 62.5 Å². The standard InChI is InChI=1S/C27H36N4O/c1-18(2)26-23-16-20(19-9-14-31(15-10-19)22-7-11-28-12-8-22)4-5-24(23)30-27(26)21-6-13-29-25(17-21)32-3/h4-6,13,16-19,22,28,30H,7-12,14-15H2,1-3H3. The van der Waals surface area contributed by atoms with Crippen molar-refractivity contribution in [1.29, 1.82) is 0 Å². The number of likely N-dealkylation sites (tertiary alicyclic amines) is 1. The number of hydrogen-bond acceptors (Lipinski definition) is 4. The van der Waals surface area contributed by atoms with Crippen LogP contribution in [0.2, 0.25) is 0 Å². The van der Waals surface area contributed by atoms with Crippen LogP contribution >= 0.6 is 0 Å². The number of fused-ring (bicyclic) bond motifs is 1. The Kier molecular flexibility index (Phi) is 6.20. The highest BCUT2D eigenvalue weighted by molar-refractivity contribution is 5.92. The zero-order valence-electron chi connectivity index (χ0n) is 19.7. The van der Waals surface area contributed by atoms with Crippen molar-refractivity contribution in [2.45, 2.75) is 57.4 Å². The van der Waals surface area contributed by atoms with Crippen LogP contribution in [-0.2, 0) is 0 Å². The molecule has 2 N–H and O–H groups in total. The molecule has 5 rings (SSSR count). The maximum atomic E-state index is 5.37. The second kappa shape index (κ2) is 9.24.